The topological polar surface area (TPSA) is 127 Å². The average molecular weight is 577 g/mol. The summed E-state index contributed by atoms with van der Waals surface area (Å²) in [4.78, 5) is 36.1. The number of nitrogens with one attached hydrogen (secondary N) is 2. The number of hydrogen-bond acceptors (Lipinski definition) is 7. The van der Waals surface area contributed by atoms with E-state index in [1.165, 1.54) is 0 Å². The van der Waals surface area contributed by atoms with Crippen molar-refractivity contribution in [1.29, 1.82) is 0 Å². The summed E-state index contributed by atoms with van der Waals surface area (Å²) in [5.74, 6) is 0.487. The van der Waals surface area contributed by atoms with Crippen molar-refractivity contribution in [2.24, 2.45) is 5.10 Å². The Morgan fingerprint density at radius 1 is 1.22 bits per heavy atom. The molecule has 2 aromatic heterocycles. The number of rotatable bonds is 5. The van der Waals surface area contributed by atoms with Gasteiger partial charge >= 0.3 is 6.09 Å². The van der Waals surface area contributed by atoms with Gasteiger partial charge in [0, 0.05) is 42.0 Å². The largest absolute Gasteiger partial charge is 0.444 e. The molecule has 41 heavy (non-hydrogen) atoms. The van der Waals surface area contributed by atoms with Crippen molar-refractivity contribution in [2.75, 3.05) is 24.1 Å². The molecular weight excluding hydrogens is 542 g/mol. The number of quaternary nitrogens is 1. The van der Waals surface area contributed by atoms with Crippen LogP contribution < -0.4 is 16.1 Å². The fraction of sp³-hybridized carbons (Fsp3) is 0.367. The van der Waals surface area contributed by atoms with Crippen LogP contribution in [0.2, 0.25) is 5.02 Å². The Morgan fingerprint density at radius 2 is 2.02 bits per heavy atom. The van der Waals surface area contributed by atoms with Gasteiger partial charge in [-0.05, 0) is 57.9 Å². The molecule has 214 valence electrons. The number of nitrogens with two attached hydrogens (primary N) is 1. The predicted molar refractivity (Wildman–Crippen MR) is 159 cm³/mol. The lowest BCUT2D eigenvalue weighted by molar-refractivity contribution is -0.866. The van der Waals surface area contributed by atoms with Gasteiger partial charge in [0.05, 0.1) is 11.6 Å². The van der Waals surface area contributed by atoms with Gasteiger partial charge in [-0.2, -0.15) is 5.01 Å². The highest BCUT2D eigenvalue weighted by Crippen LogP contribution is 2.33. The molecule has 5 rings (SSSR count). The highest BCUT2D eigenvalue weighted by Gasteiger charge is 2.42. The number of nitrogen functional groups attached to an aromatic ring is 1. The fourth-order valence-corrected chi connectivity index (χ4v) is 5.52. The van der Waals surface area contributed by atoms with Gasteiger partial charge in [-0.3, -0.25) is 4.79 Å². The number of ether oxygens (including phenoxy) is 1. The summed E-state index contributed by atoms with van der Waals surface area (Å²) in [5.41, 5.74) is 10.3. The third-order valence-electron chi connectivity index (χ3n) is 7.15. The molecule has 2 aliphatic rings. The number of fused-ring (bicyclic) bond motifs is 1. The Bertz CT molecular complexity index is 1500. The van der Waals surface area contributed by atoms with Crippen molar-refractivity contribution in [3.63, 3.8) is 0 Å². The van der Waals surface area contributed by atoms with Crippen LogP contribution in [0.4, 0.5) is 22.1 Å². The molecule has 0 spiro atoms. The summed E-state index contributed by atoms with van der Waals surface area (Å²) in [6.45, 7) is 8.79. The smallest absolute Gasteiger partial charge is 0.410 e. The summed E-state index contributed by atoms with van der Waals surface area (Å²) in [5, 5.41) is 9.15. The molecule has 2 aliphatic heterocycles. The molecule has 1 unspecified atom stereocenters. The molecule has 1 aromatic carbocycles. The lowest BCUT2D eigenvalue weighted by Crippen LogP contribution is -3.07. The Labute approximate surface area is 244 Å². The van der Waals surface area contributed by atoms with Gasteiger partial charge in [0.2, 0.25) is 0 Å². The fourth-order valence-electron chi connectivity index (χ4n) is 5.25. The summed E-state index contributed by atoms with van der Waals surface area (Å²) >= 11 is 6.79. The van der Waals surface area contributed by atoms with Crippen molar-refractivity contribution < 1.29 is 19.3 Å². The summed E-state index contributed by atoms with van der Waals surface area (Å²) in [7, 11) is 0. The molecule has 11 heteroatoms. The molecular formula is C30H35ClN7O3+. The normalized spacial score (nSPS) is 18.5. The second-order valence-corrected chi connectivity index (χ2v) is 11.7. The van der Waals surface area contributed by atoms with E-state index < -0.39 is 5.60 Å². The Morgan fingerprint density at radius 3 is 2.71 bits per heavy atom. The van der Waals surface area contributed by atoms with Gasteiger partial charge in [-0.1, -0.05) is 35.8 Å². The molecule has 0 radical (unpaired) electrons. The maximum absolute atomic E-state index is 12.9. The second-order valence-electron chi connectivity index (χ2n) is 11.2. The molecule has 4 N–H and O–H groups in total. The van der Waals surface area contributed by atoms with E-state index in [0.29, 0.717) is 46.6 Å². The van der Waals surface area contributed by atoms with Crippen LogP contribution in [0.25, 0.3) is 0 Å². The Balaban J connectivity index is 1.48. The first-order valence-electron chi connectivity index (χ1n) is 13.8. The number of aryl methyl sites for hydroxylation is 1. The molecule has 0 aliphatic carbocycles. The molecule has 1 fully saturated rings. The maximum atomic E-state index is 12.9. The highest BCUT2D eigenvalue weighted by molar-refractivity contribution is 6.36. The number of likely N-dealkylation sites (tertiary alicyclic amines) is 1. The third-order valence-corrected chi connectivity index (χ3v) is 7.46. The molecule has 10 nitrogen and oxygen atoms in total. The second kappa shape index (κ2) is 11.5. The van der Waals surface area contributed by atoms with E-state index in [-0.39, 0.29) is 18.0 Å². The summed E-state index contributed by atoms with van der Waals surface area (Å²) in [6.07, 6.45) is 5.53. The van der Waals surface area contributed by atoms with Crippen LogP contribution in [0.15, 0.2) is 53.9 Å². The molecule has 2 amide bonds. The summed E-state index contributed by atoms with van der Waals surface area (Å²) in [6, 6.07) is 10.4. The minimum atomic E-state index is -0.574. The number of halogens is 1. The van der Waals surface area contributed by atoms with Gasteiger partial charge in [0.25, 0.3) is 5.91 Å². The highest BCUT2D eigenvalue weighted by atomic mass is 35.5. The van der Waals surface area contributed by atoms with E-state index in [1.807, 2.05) is 20.8 Å². The third kappa shape index (κ3) is 6.03. The number of carbonyl (C=O) groups is 2. The van der Waals surface area contributed by atoms with Crippen LogP contribution in [0.5, 0.6) is 0 Å². The van der Waals surface area contributed by atoms with Crippen LogP contribution in [-0.4, -0.2) is 57.3 Å². The van der Waals surface area contributed by atoms with Crippen LogP contribution in [-0.2, 0) is 11.2 Å². The molecule has 0 bridgehead atoms. The van der Waals surface area contributed by atoms with Gasteiger partial charge in [-0.15, -0.1) is 0 Å². The van der Waals surface area contributed by atoms with Gasteiger partial charge < -0.3 is 20.7 Å². The number of anilines is 2. The SMILES string of the molecule is CCc1cnc(N)c2c1[NH+]([C@@H]1CCCN(C(=O)OC(C)(C)C)C1)N=C2c1ccc(C(=O)Nc2ccccn2)cc1Cl. The molecule has 1 saturated heterocycles. The maximum Gasteiger partial charge on any atom is 0.410 e. The number of nitrogens with zero attached hydrogens (tertiary/aromatic N) is 4. The zero-order chi connectivity index (χ0) is 29.3. The molecule has 3 aromatic rings. The number of carbonyl (C=O) groups excluding carboxylic acids is 2. The number of aromatic nitrogens is 2. The zero-order valence-electron chi connectivity index (χ0n) is 23.7. The number of benzene rings is 1. The van der Waals surface area contributed by atoms with Crippen LogP contribution in [0.3, 0.4) is 0 Å². The zero-order valence-corrected chi connectivity index (χ0v) is 24.5. The number of amides is 2. The van der Waals surface area contributed by atoms with E-state index in [4.69, 9.17) is 27.2 Å². The Hall–Kier alpha value is -4.02. The predicted octanol–water partition coefficient (Wildman–Crippen LogP) is 4.21. The van der Waals surface area contributed by atoms with E-state index in [1.54, 1.807) is 53.7 Å². The number of hydrogen-bond donors (Lipinski definition) is 3. The quantitative estimate of drug-likeness (QED) is 0.417. The van der Waals surface area contributed by atoms with E-state index in [2.05, 4.69) is 22.2 Å². The lowest BCUT2D eigenvalue weighted by atomic mass is 9.97. The van der Waals surface area contributed by atoms with Crippen molar-refractivity contribution in [3.05, 3.63) is 76.1 Å². The van der Waals surface area contributed by atoms with Gasteiger partial charge in [0.1, 0.15) is 34.6 Å². The van der Waals surface area contributed by atoms with Crippen molar-refractivity contribution in [3.8, 4) is 0 Å². The molecule has 0 saturated carbocycles. The van der Waals surface area contributed by atoms with Crippen molar-refractivity contribution >= 4 is 46.6 Å². The van der Waals surface area contributed by atoms with Gasteiger partial charge in [-0.25, -0.2) is 14.8 Å². The summed E-state index contributed by atoms with van der Waals surface area (Å²) < 4.78 is 5.65. The molecule has 4 heterocycles. The van der Waals surface area contributed by atoms with E-state index in [0.717, 1.165) is 41.1 Å². The monoisotopic (exact) mass is 576 g/mol. The number of piperidine rings is 1. The van der Waals surface area contributed by atoms with Crippen LogP contribution in [0.1, 0.15) is 67.6 Å². The van der Waals surface area contributed by atoms with Crippen LogP contribution in [0, 0.1) is 0 Å². The molecule has 2 atom stereocenters. The van der Waals surface area contributed by atoms with Gasteiger partial charge in [0.15, 0.2) is 5.69 Å². The average Bonchev–Trinajstić information content (AvgIpc) is 3.34. The standard InChI is InChI=1S/C30H34ClN7O3/c1-5-18-16-34-27(32)24-25(21-12-11-19(15-22(21)31)28(39)35-23-10-6-7-13-33-23)36-38(26(18)24)20-9-8-14-37(17-20)29(40)41-30(2,3)4/h6-7,10-13,15-16,20H,5,8-9,14,17H2,1-4H3,(H2,32,34)(H,33,35,39)/p+1/t20-/m1/s1. The first-order valence-corrected chi connectivity index (χ1v) is 14.2. The first kappa shape index (κ1) is 28.5. The lowest BCUT2D eigenvalue weighted by Gasteiger charge is -2.34. The first-order chi connectivity index (χ1) is 19.6. The number of pyridine rings is 2. The minimum absolute atomic E-state index is 0.0122. The van der Waals surface area contributed by atoms with Crippen LogP contribution >= 0.6 is 11.6 Å². The van der Waals surface area contributed by atoms with Crippen molar-refractivity contribution in [2.45, 2.75) is 58.6 Å². The van der Waals surface area contributed by atoms with E-state index >= 15 is 0 Å². The Kier molecular flexibility index (Phi) is 7.97. The minimum Gasteiger partial charge on any atom is -0.444 e. The van der Waals surface area contributed by atoms with Crippen molar-refractivity contribution in [1.82, 2.24) is 14.9 Å². The van der Waals surface area contributed by atoms with E-state index in [9.17, 15) is 9.59 Å².